The number of amides is 1. The molecule has 2 atom stereocenters. The molecule has 6 heteroatoms. The van der Waals surface area contributed by atoms with Gasteiger partial charge >= 0.3 is 6.18 Å². The summed E-state index contributed by atoms with van der Waals surface area (Å²) in [5, 5.41) is -0.171. The van der Waals surface area contributed by atoms with Gasteiger partial charge in [0.15, 0.2) is 0 Å². The number of thioether (sulfide) groups is 1. The Morgan fingerprint density at radius 2 is 1.96 bits per heavy atom. The second kappa shape index (κ2) is 8.28. The van der Waals surface area contributed by atoms with Gasteiger partial charge in [-0.25, -0.2) is 0 Å². The maximum absolute atomic E-state index is 12.8. The molecule has 2 unspecified atom stereocenters. The molecule has 1 aliphatic heterocycles. The normalized spacial score (nSPS) is 19.5. The third-order valence-electron chi connectivity index (χ3n) is 4.45. The van der Waals surface area contributed by atoms with Crippen molar-refractivity contribution in [1.29, 1.82) is 0 Å². The van der Waals surface area contributed by atoms with Crippen LogP contribution in [0, 0.1) is 5.92 Å². The van der Waals surface area contributed by atoms with Crippen LogP contribution in [0.2, 0.25) is 0 Å². The number of hydrogen-bond donors (Lipinski definition) is 0. The van der Waals surface area contributed by atoms with Crippen molar-refractivity contribution in [3.8, 4) is 0 Å². The summed E-state index contributed by atoms with van der Waals surface area (Å²) >= 11 is 1.62. The summed E-state index contributed by atoms with van der Waals surface area (Å²) in [6, 6.07) is 5.20. The van der Waals surface area contributed by atoms with Crippen molar-refractivity contribution in [2.75, 3.05) is 12.3 Å². The Morgan fingerprint density at radius 3 is 2.50 bits per heavy atom. The van der Waals surface area contributed by atoms with E-state index in [1.807, 2.05) is 11.8 Å². The fourth-order valence-electron chi connectivity index (χ4n) is 3.00. The maximum Gasteiger partial charge on any atom is 0.416 e. The number of rotatable bonds is 6. The van der Waals surface area contributed by atoms with Crippen molar-refractivity contribution in [1.82, 2.24) is 4.90 Å². The van der Waals surface area contributed by atoms with Crippen LogP contribution in [0.15, 0.2) is 24.3 Å². The van der Waals surface area contributed by atoms with Crippen molar-refractivity contribution >= 4 is 17.7 Å². The molecule has 0 aromatic heterocycles. The Balaban J connectivity index is 2.13. The Labute approximate surface area is 145 Å². The minimum atomic E-state index is -4.33. The van der Waals surface area contributed by atoms with Crippen LogP contribution in [-0.2, 0) is 11.0 Å². The molecule has 1 amide bonds. The van der Waals surface area contributed by atoms with Crippen molar-refractivity contribution in [3.05, 3.63) is 35.4 Å². The molecule has 134 valence electrons. The number of carbonyl (C=O) groups is 1. The summed E-state index contributed by atoms with van der Waals surface area (Å²) in [6.07, 6.45) is -0.562. The molecule has 0 N–H and O–H groups in total. The molecule has 2 nitrogen and oxygen atoms in total. The second-order valence-corrected chi connectivity index (χ2v) is 7.31. The van der Waals surface area contributed by atoms with E-state index >= 15 is 0 Å². The predicted octanol–water partition coefficient (Wildman–Crippen LogP) is 5.50. The zero-order chi connectivity index (χ0) is 17.7. The lowest BCUT2D eigenvalue weighted by Crippen LogP contribution is -2.35. The highest BCUT2D eigenvalue weighted by Gasteiger charge is 2.35. The fraction of sp³-hybridized carbons (Fsp3) is 0.611. The van der Waals surface area contributed by atoms with Crippen LogP contribution in [0.1, 0.15) is 56.0 Å². The number of unbranched alkanes of at least 4 members (excludes halogenated alkanes) is 1. The number of hydrogen-bond acceptors (Lipinski definition) is 2. The summed E-state index contributed by atoms with van der Waals surface area (Å²) in [5.74, 6) is 0.975. The maximum atomic E-state index is 12.8. The van der Waals surface area contributed by atoms with Gasteiger partial charge in [0.05, 0.1) is 5.56 Å². The highest BCUT2D eigenvalue weighted by molar-refractivity contribution is 7.99. The topological polar surface area (TPSA) is 20.3 Å². The molecule has 1 fully saturated rings. The van der Waals surface area contributed by atoms with Crippen LogP contribution in [-0.4, -0.2) is 23.1 Å². The van der Waals surface area contributed by atoms with Gasteiger partial charge in [0.2, 0.25) is 5.91 Å². The van der Waals surface area contributed by atoms with Gasteiger partial charge in [-0.3, -0.25) is 4.79 Å². The van der Waals surface area contributed by atoms with Gasteiger partial charge in [0, 0.05) is 18.2 Å². The number of benzene rings is 1. The molecular formula is C18H24F3NOS. The zero-order valence-electron chi connectivity index (χ0n) is 14.1. The monoisotopic (exact) mass is 359 g/mol. The Morgan fingerprint density at radius 1 is 1.29 bits per heavy atom. The highest BCUT2D eigenvalue weighted by atomic mass is 32.2. The van der Waals surface area contributed by atoms with E-state index in [0.717, 1.165) is 49.1 Å². The van der Waals surface area contributed by atoms with E-state index in [0.29, 0.717) is 6.54 Å². The molecule has 2 rings (SSSR count). The second-order valence-electron chi connectivity index (χ2n) is 6.12. The van der Waals surface area contributed by atoms with Gasteiger partial charge in [-0.1, -0.05) is 38.8 Å². The summed E-state index contributed by atoms with van der Waals surface area (Å²) < 4.78 is 38.1. The van der Waals surface area contributed by atoms with Gasteiger partial charge in [0.1, 0.15) is 5.37 Å². The molecule has 0 spiro atoms. The van der Waals surface area contributed by atoms with Gasteiger partial charge in [0.25, 0.3) is 0 Å². The minimum absolute atomic E-state index is 0.0144. The lowest BCUT2D eigenvalue weighted by atomic mass is 9.97. The zero-order valence-corrected chi connectivity index (χ0v) is 14.9. The third kappa shape index (κ3) is 4.47. The van der Waals surface area contributed by atoms with E-state index in [-0.39, 0.29) is 17.2 Å². The third-order valence-corrected chi connectivity index (χ3v) is 5.71. The summed E-state index contributed by atoms with van der Waals surface area (Å²) in [7, 11) is 0. The molecule has 1 aromatic rings. The van der Waals surface area contributed by atoms with E-state index < -0.39 is 11.7 Å². The van der Waals surface area contributed by atoms with E-state index in [1.54, 1.807) is 11.8 Å². The van der Waals surface area contributed by atoms with Crippen LogP contribution < -0.4 is 0 Å². The first-order chi connectivity index (χ1) is 11.4. The van der Waals surface area contributed by atoms with Gasteiger partial charge in [-0.05, 0) is 30.5 Å². The predicted molar refractivity (Wildman–Crippen MR) is 91.7 cm³/mol. The van der Waals surface area contributed by atoms with Gasteiger partial charge < -0.3 is 4.90 Å². The smallest absolute Gasteiger partial charge is 0.325 e. The first-order valence-corrected chi connectivity index (χ1v) is 9.52. The molecule has 1 aromatic carbocycles. The molecule has 1 saturated heterocycles. The SMILES string of the molecule is CCCCC(CC)C(=O)N1CCSC1c1ccc(C(F)(F)F)cc1. The standard InChI is InChI=1S/C18H24F3NOS/c1-3-5-6-13(4-2)16(23)22-11-12-24-17(22)14-7-9-15(10-8-14)18(19,20)21/h7-10,13,17H,3-6,11-12H2,1-2H3. The largest absolute Gasteiger partial charge is 0.416 e. The minimum Gasteiger partial charge on any atom is -0.325 e. The highest BCUT2D eigenvalue weighted by Crippen LogP contribution is 2.40. The lowest BCUT2D eigenvalue weighted by molar-refractivity contribution is -0.138. The van der Waals surface area contributed by atoms with Crippen LogP contribution in [0.3, 0.4) is 0 Å². The molecule has 1 aliphatic rings. The molecule has 1 heterocycles. The number of halogens is 3. The van der Waals surface area contributed by atoms with Crippen LogP contribution in [0.5, 0.6) is 0 Å². The summed E-state index contributed by atoms with van der Waals surface area (Å²) in [5.41, 5.74) is 0.116. The van der Waals surface area contributed by atoms with E-state index in [9.17, 15) is 18.0 Å². The molecule has 0 aliphatic carbocycles. The quantitative estimate of drug-likeness (QED) is 0.669. The average Bonchev–Trinajstić information content (AvgIpc) is 3.04. The van der Waals surface area contributed by atoms with E-state index in [1.165, 1.54) is 12.1 Å². The van der Waals surface area contributed by atoms with Crippen molar-refractivity contribution < 1.29 is 18.0 Å². The number of nitrogens with zero attached hydrogens (tertiary/aromatic N) is 1. The fourth-order valence-corrected chi connectivity index (χ4v) is 4.26. The van der Waals surface area contributed by atoms with E-state index in [4.69, 9.17) is 0 Å². The van der Waals surface area contributed by atoms with Crippen LogP contribution in [0.4, 0.5) is 13.2 Å². The van der Waals surface area contributed by atoms with Crippen LogP contribution in [0.25, 0.3) is 0 Å². The number of alkyl halides is 3. The van der Waals surface area contributed by atoms with Crippen molar-refractivity contribution in [2.24, 2.45) is 5.92 Å². The summed E-state index contributed by atoms with van der Waals surface area (Å²) in [6.45, 7) is 4.79. The Kier molecular flexibility index (Phi) is 6.61. The molecular weight excluding hydrogens is 335 g/mol. The average molecular weight is 359 g/mol. The van der Waals surface area contributed by atoms with Gasteiger partial charge in [-0.2, -0.15) is 13.2 Å². The molecule has 0 radical (unpaired) electrons. The Hall–Kier alpha value is -1.17. The Bertz CT molecular complexity index is 544. The molecule has 0 saturated carbocycles. The summed E-state index contributed by atoms with van der Waals surface area (Å²) in [4.78, 5) is 14.7. The first kappa shape index (κ1) is 19.2. The van der Waals surface area contributed by atoms with Gasteiger partial charge in [-0.15, -0.1) is 11.8 Å². The number of carbonyl (C=O) groups excluding carboxylic acids is 1. The van der Waals surface area contributed by atoms with Crippen molar-refractivity contribution in [3.63, 3.8) is 0 Å². The van der Waals surface area contributed by atoms with Crippen LogP contribution >= 0.6 is 11.8 Å². The first-order valence-electron chi connectivity index (χ1n) is 8.47. The molecule has 24 heavy (non-hydrogen) atoms. The van der Waals surface area contributed by atoms with Crippen molar-refractivity contribution in [2.45, 2.75) is 51.1 Å². The van der Waals surface area contributed by atoms with E-state index in [2.05, 4.69) is 6.92 Å². The molecule has 0 bridgehead atoms. The lowest BCUT2D eigenvalue weighted by Gasteiger charge is -2.28.